The number of pyridine rings is 1. The highest BCUT2D eigenvalue weighted by atomic mass is 127. The topological polar surface area (TPSA) is 348 Å². The number of likely N-dealkylation sites (tertiary alicyclic amines) is 1. The number of hydrogen-bond acceptors (Lipinski definition) is 18. The number of fused-ring (bicyclic) bond motifs is 1. The van der Waals surface area contributed by atoms with Gasteiger partial charge in [-0.2, -0.15) is 5.26 Å². The number of unbranched alkanes of at least 4 members (excludes halogenated alkanes) is 2. The van der Waals surface area contributed by atoms with Crippen molar-refractivity contribution in [1.29, 1.82) is 5.26 Å². The molecule has 1 aromatic heterocycles. The number of piperazine rings is 1. The number of aliphatic carboxylic acids is 3. The van der Waals surface area contributed by atoms with E-state index in [1.165, 1.54) is 12.3 Å². The first kappa shape index (κ1) is 75.5. The summed E-state index contributed by atoms with van der Waals surface area (Å²) in [6.07, 6.45) is 4.93. The molecule has 27 nitrogen and oxygen atoms in total. The van der Waals surface area contributed by atoms with E-state index in [9.17, 15) is 77.3 Å². The minimum absolute atomic E-state index is 0.0770. The normalized spacial score (nSPS) is 18.1. The van der Waals surface area contributed by atoms with Crippen LogP contribution in [0.15, 0.2) is 54.7 Å². The highest BCUT2D eigenvalue weighted by molar-refractivity contribution is 14.1. The van der Waals surface area contributed by atoms with E-state index < -0.39 is 96.8 Å². The van der Waals surface area contributed by atoms with Crippen LogP contribution in [0.4, 0.5) is 8.78 Å². The number of aromatic nitrogens is 1. The van der Waals surface area contributed by atoms with E-state index in [1.54, 1.807) is 62.6 Å². The molecule has 0 spiro atoms. The van der Waals surface area contributed by atoms with Crippen LogP contribution in [-0.2, 0) is 49.6 Å². The molecule has 7 amide bonds. The van der Waals surface area contributed by atoms with E-state index in [1.807, 2.05) is 24.3 Å². The molecule has 6 rings (SSSR count). The number of aryl methyl sites for hydroxylation is 1. The van der Waals surface area contributed by atoms with Gasteiger partial charge in [-0.3, -0.25) is 82.7 Å². The van der Waals surface area contributed by atoms with Gasteiger partial charge in [-0.15, -0.1) is 0 Å². The van der Waals surface area contributed by atoms with Gasteiger partial charge in [-0.1, -0.05) is 38.8 Å². The summed E-state index contributed by atoms with van der Waals surface area (Å²) in [6.45, 7) is 5.36. The third-order valence-electron chi connectivity index (χ3n) is 16.8. The first-order valence-electron chi connectivity index (χ1n) is 31.9. The lowest BCUT2D eigenvalue weighted by atomic mass is 9.95. The van der Waals surface area contributed by atoms with Crippen molar-refractivity contribution in [2.75, 3.05) is 138 Å². The number of amides is 7. The van der Waals surface area contributed by atoms with Gasteiger partial charge in [-0.25, -0.2) is 8.78 Å². The van der Waals surface area contributed by atoms with Crippen molar-refractivity contribution in [3.63, 3.8) is 0 Å². The maximum Gasteiger partial charge on any atom is 0.317 e. The second-order valence-electron chi connectivity index (χ2n) is 24.3. The van der Waals surface area contributed by atoms with Gasteiger partial charge < -0.3 is 45.8 Å². The van der Waals surface area contributed by atoms with Crippen LogP contribution >= 0.6 is 22.6 Å². The summed E-state index contributed by atoms with van der Waals surface area (Å²) in [6, 6.07) is 13.9. The average molecular weight is 1430 g/mol. The standard InChI is InChI=1S/C64H88F2IN13O14/c1-44(34-45(2)63(93)79-31-29-74(30-32-79)20-7-33-94-49-15-16-52-51(35-49)50(17-19-69-52)61(91)71-38-56(83)80-43-64(65,66)36-48(80)37-68)60(90)73-62(92)53(9-4-3-5-18-70-54(81)10-6-8-46-11-13-47(67)14-12-46)72-55(82)39-75-21-23-76(40-57(84)85)25-27-78(42-59(88)89)28-26-77(24-22-75)41-58(86)87/h11-17,19,35,44-45,48,53H,3-10,18,20-34,36,38-43H2,1-2H3,(H,70,81)(H,71,91)(H,72,82)(H,84,85)(H,86,87)(H,88,89)(H,73,90,92)/t44?,45?,48-,53+/m1/s1. The Kier molecular flexibility index (Phi) is 30.6. The summed E-state index contributed by atoms with van der Waals surface area (Å²) in [5.41, 5.74) is 1.82. The number of imide groups is 1. The van der Waals surface area contributed by atoms with Crippen LogP contribution in [0.25, 0.3) is 10.9 Å². The minimum Gasteiger partial charge on any atom is -0.494 e. The molecule has 3 aliphatic rings. The molecule has 3 fully saturated rings. The highest BCUT2D eigenvalue weighted by Crippen LogP contribution is 2.32. The quantitative estimate of drug-likeness (QED) is 0.0348. The number of carboxylic acid groups (broad SMARTS) is 3. The number of hydrogen-bond donors (Lipinski definition) is 7. The zero-order valence-corrected chi connectivity index (χ0v) is 55.6. The molecular weight excluding hydrogens is 1340 g/mol. The fourth-order valence-corrected chi connectivity index (χ4v) is 11.9. The van der Waals surface area contributed by atoms with Gasteiger partial charge >= 0.3 is 17.9 Å². The van der Waals surface area contributed by atoms with Crippen molar-refractivity contribution < 1.29 is 76.8 Å². The smallest absolute Gasteiger partial charge is 0.317 e. The Labute approximate surface area is 559 Å². The molecule has 2 unspecified atom stereocenters. The molecule has 94 heavy (non-hydrogen) atoms. The number of carboxylic acids is 3. The van der Waals surface area contributed by atoms with Crippen LogP contribution in [-0.4, -0.2) is 269 Å². The predicted molar refractivity (Wildman–Crippen MR) is 348 cm³/mol. The van der Waals surface area contributed by atoms with Crippen LogP contribution in [0.3, 0.4) is 0 Å². The Morgan fingerprint density at radius 3 is 1.89 bits per heavy atom. The van der Waals surface area contributed by atoms with Gasteiger partial charge in [0.1, 0.15) is 17.8 Å². The van der Waals surface area contributed by atoms with Crippen molar-refractivity contribution in [1.82, 2.24) is 60.6 Å². The van der Waals surface area contributed by atoms with Crippen molar-refractivity contribution in [2.45, 2.75) is 96.1 Å². The zero-order chi connectivity index (χ0) is 68.3. The van der Waals surface area contributed by atoms with Gasteiger partial charge in [-0.05, 0) is 103 Å². The van der Waals surface area contributed by atoms with Crippen LogP contribution in [0, 0.1) is 26.7 Å². The fourth-order valence-electron chi connectivity index (χ4n) is 11.6. The first-order valence-corrected chi connectivity index (χ1v) is 33.0. The molecule has 0 aliphatic carbocycles. The summed E-state index contributed by atoms with van der Waals surface area (Å²) in [5.74, 6) is -11.0. The van der Waals surface area contributed by atoms with E-state index in [2.05, 4.69) is 53.7 Å². The molecule has 0 radical (unpaired) electrons. The second-order valence-corrected chi connectivity index (χ2v) is 25.5. The molecule has 514 valence electrons. The van der Waals surface area contributed by atoms with Crippen LogP contribution < -0.4 is 26.0 Å². The van der Waals surface area contributed by atoms with E-state index in [0.29, 0.717) is 101 Å². The van der Waals surface area contributed by atoms with E-state index >= 15 is 0 Å². The van der Waals surface area contributed by atoms with Gasteiger partial charge in [0.15, 0.2) is 0 Å². The molecule has 3 saturated heterocycles. The lowest BCUT2D eigenvalue weighted by Gasteiger charge is -2.36. The molecule has 4 atom stereocenters. The lowest BCUT2D eigenvalue weighted by molar-refractivity contribution is -0.140. The molecule has 7 N–H and O–H groups in total. The number of carbonyl (C=O) groups is 10. The Morgan fingerprint density at radius 1 is 0.702 bits per heavy atom. The summed E-state index contributed by atoms with van der Waals surface area (Å²) < 4.78 is 35.0. The number of alkyl halides is 2. The minimum atomic E-state index is -3.19. The number of ether oxygens (including phenoxy) is 1. The molecule has 0 saturated carbocycles. The van der Waals surface area contributed by atoms with Crippen LogP contribution in [0.2, 0.25) is 0 Å². The lowest BCUT2D eigenvalue weighted by Crippen LogP contribution is -2.53. The number of halogens is 3. The summed E-state index contributed by atoms with van der Waals surface area (Å²) in [7, 11) is 0. The first-order chi connectivity index (χ1) is 44.8. The van der Waals surface area contributed by atoms with E-state index in [4.69, 9.17) is 4.74 Å². The predicted octanol–water partition coefficient (Wildman–Crippen LogP) is 2.21. The molecule has 3 aliphatic heterocycles. The molecular formula is C64H88F2IN13O14. The number of benzene rings is 2. The number of rotatable bonds is 32. The van der Waals surface area contributed by atoms with Gasteiger partial charge in [0.25, 0.3) is 11.8 Å². The SMILES string of the molecule is CC(CC(C)C(=O)N1CCN(CCCOc2ccc3nccc(C(=O)NCC(=O)N4CC(F)(F)C[C@@H]4C#N)c3c2)CC1)C(=O)NC(=O)[C@H](CCCCCNC(=O)CCCc1ccc(I)cc1)NC(=O)CN1CCN(CC(=O)O)CCN(CC(=O)O)CCN(CC(=O)O)CC1. The maximum absolute atomic E-state index is 14.1. The van der Waals surface area contributed by atoms with Crippen molar-refractivity contribution >= 4 is 92.8 Å². The highest BCUT2D eigenvalue weighted by Gasteiger charge is 2.47. The van der Waals surface area contributed by atoms with Gasteiger partial charge in [0.2, 0.25) is 35.4 Å². The van der Waals surface area contributed by atoms with E-state index in [-0.39, 0.29) is 109 Å². The molecule has 2 aromatic carbocycles. The third kappa shape index (κ3) is 26.0. The van der Waals surface area contributed by atoms with Crippen molar-refractivity contribution in [3.05, 3.63) is 69.4 Å². The van der Waals surface area contributed by atoms with Crippen LogP contribution in [0.5, 0.6) is 5.75 Å². The van der Waals surface area contributed by atoms with Gasteiger partial charge in [0.05, 0.1) is 63.0 Å². The summed E-state index contributed by atoms with van der Waals surface area (Å²) in [4.78, 5) is 145. The number of nitrogens with zero attached hydrogens (tertiary/aromatic N) is 9. The van der Waals surface area contributed by atoms with Crippen molar-refractivity contribution in [2.24, 2.45) is 11.8 Å². The Hall–Kier alpha value is -7.57. The van der Waals surface area contributed by atoms with Gasteiger partial charge in [0, 0.05) is 131 Å². The fraction of sp³-hybridized carbons (Fsp3) is 0.594. The number of carbonyl (C=O) groups excluding carboxylic acids is 7. The second kappa shape index (κ2) is 38.1. The molecule has 30 heteroatoms. The third-order valence-corrected chi connectivity index (χ3v) is 17.5. The Bertz CT molecular complexity index is 3100. The maximum atomic E-state index is 14.1. The Balaban J connectivity index is 0.978. The molecule has 3 aromatic rings. The van der Waals surface area contributed by atoms with Crippen LogP contribution in [0.1, 0.15) is 87.6 Å². The Morgan fingerprint density at radius 2 is 1.30 bits per heavy atom. The van der Waals surface area contributed by atoms with Crippen molar-refractivity contribution in [3.8, 4) is 11.8 Å². The number of nitrogens with one attached hydrogen (secondary N) is 4. The summed E-state index contributed by atoms with van der Waals surface area (Å²) >= 11 is 2.24. The average Bonchev–Trinajstić information content (AvgIpc) is 1.35. The zero-order valence-electron chi connectivity index (χ0n) is 53.4. The molecule has 0 bridgehead atoms. The summed E-state index contributed by atoms with van der Waals surface area (Å²) in [5, 5.41) is 49.3. The molecule has 4 heterocycles. The van der Waals surface area contributed by atoms with E-state index in [0.717, 1.165) is 20.5 Å². The number of nitriles is 1. The largest absolute Gasteiger partial charge is 0.494 e. The monoisotopic (exact) mass is 1430 g/mol.